The summed E-state index contributed by atoms with van der Waals surface area (Å²) in [6.45, 7) is 0. The summed E-state index contributed by atoms with van der Waals surface area (Å²) in [6, 6.07) is 8.18. The van der Waals surface area contributed by atoms with Gasteiger partial charge in [0.2, 0.25) is 0 Å². The molecule has 1 radical (unpaired) electrons. The second-order valence-corrected chi connectivity index (χ2v) is 4.29. The zero-order chi connectivity index (χ0) is 11.4. The molecule has 0 spiro atoms. The Morgan fingerprint density at radius 1 is 1.12 bits per heavy atom. The fraction of sp³-hybridized carbons (Fsp3) is 0.538. The van der Waals surface area contributed by atoms with Gasteiger partial charge in [-0.05, 0) is 49.9 Å². The van der Waals surface area contributed by atoms with Crippen LogP contribution in [-0.2, 0) is 0 Å². The van der Waals surface area contributed by atoms with Crippen molar-refractivity contribution in [2.75, 3.05) is 7.11 Å². The van der Waals surface area contributed by atoms with Gasteiger partial charge < -0.3 is 9.84 Å². The third kappa shape index (κ3) is 2.89. The van der Waals surface area contributed by atoms with Gasteiger partial charge in [-0.3, -0.25) is 5.32 Å². The standard InChI is InChI=1S/C13H18NO2/c1-16-13-8-4-11(5-9-13)14-10-2-6-12(15)7-3-10/h4-5,8-10,12,15H,2-3,6-7H2,1H3/t10-,12-. The van der Waals surface area contributed by atoms with Crippen LogP contribution < -0.4 is 10.1 Å². The minimum absolute atomic E-state index is 0.109. The van der Waals surface area contributed by atoms with E-state index in [1.807, 2.05) is 24.3 Å². The first-order valence-electron chi connectivity index (χ1n) is 5.81. The molecule has 3 nitrogen and oxygen atoms in total. The average molecular weight is 220 g/mol. The number of aliphatic hydroxyl groups is 1. The average Bonchev–Trinajstić information content (AvgIpc) is 2.33. The lowest BCUT2D eigenvalue weighted by Gasteiger charge is -2.25. The van der Waals surface area contributed by atoms with Crippen molar-refractivity contribution in [3.8, 4) is 5.75 Å². The lowest BCUT2D eigenvalue weighted by atomic mass is 9.93. The van der Waals surface area contributed by atoms with Crippen LogP contribution in [0.4, 0.5) is 5.69 Å². The molecule has 16 heavy (non-hydrogen) atoms. The van der Waals surface area contributed by atoms with E-state index in [4.69, 9.17) is 4.74 Å². The minimum Gasteiger partial charge on any atom is -0.497 e. The Morgan fingerprint density at radius 3 is 2.31 bits per heavy atom. The number of ether oxygens (including phenoxy) is 1. The maximum Gasteiger partial charge on any atom is 0.119 e. The van der Waals surface area contributed by atoms with E-state index in [9.17, 15) is 5.11 Å². The van der Waals surface area contributed by atoms with Crippen LogP contribution in [0.3, 0.4) is 0 Å². The van der Waals surface area contributed by atoms with Crippen LogP contribution in [-0.4, -0.2) is 24.4 Å². The van der Waals surface area contributed by atoms with Gasteiger partial charge in [0.1, 0.15) is 5.75 Å². The number of aliphatic hydroxyl groups excluding tert-OH is 1. The molecule has 0 unspecified atom stereocenters. The van der Waals surface area contributed by atoms with Crippen LogP contribution in [0.15, 0.2) is 24.3 Å². The molecule has 0 heterocycles. The van der Waals surface area contributed by atoms with Gasteiger partial charge in [-0.2, -0.15) is 0 Å². The van der Waals surface area contributed by atoms with Crippen molar-refractivity contribution in [1.82, 2.24) is 5.32 Å². The summed E-state index contributed by atoms with van der Waals surface area (Å²) in [5.41, 5.74) is 1.00. The largest absolute Gasteiger partial charge is 0.497 e. The number of hydrogen-bond donors (Lipinski definition) is 1. The number of nitrogens with zero attached hydrogens (tertiary/aromatic N) is 1. The smallest absolute Gasteiger partial charge is 0.119 e. The molecule has 1 aromatic carbocycles. The summed E-state index contributed by atoms with van der Waals surface area (Å²) >= 11 is 0. The normalized spacial score (nSPS) is 25.1. The lowest BCUT2D eigenvalue weighted by molar-refractivity contribution is 0.119. The molecule has 0 saturated heterocycles. The Bertz CT molecular complexity index is 315. The highest BCUT2D eigenvalue weighted by Gasteiger charge is 2.20. The van der Waals surface area contributed by atoms with E-state index >= 15 is 0 Å². The monoisotopic (exact) mass is 220 g/mol. The predicted molar refractivity (Wildman–Crippen MR) is 63.1 cm³/mol. The van der Waals surface area contributed by atoms with Crippen molar-refractivity contribution in [2.45, 2.75) is 37.8 Å². The molecular weight excluding hydrogens is 202 g/mol. The van der Waals surface area contributed by atoms with E-state index in [-0.39, 0.29) is 6.10 Å². The van der Waals surface area contributed by atoms with Crippen molar-refractivity contribution in [1.29, 1.82) is 0 Å². The highest BCUT2D eigenvalue weighted by Crippen LogP contribution is 2.23. The SMILES string of the molecule is COc1ccc([N][C@H]2CC[C@H](O)CC2)cc1. The van der Waals surface area contributed by atoms with E-state index in [1.165, 1.54) is 0 Å². The predicted octanol–water partition coefficient (Wildman–Crippen LogP) is 2.23. The van der Waals surface area contributed by atoms with Crippen LogP contribution in [0.25, 0.3) is 0 Å². The second kappa shape index (κ2) is 5.21. The van der Waals surface area contributed by atoms with Gasteiger partial charge in [0, 0.05) is 0 Å². The number of benzene rings is 1. The molecule has 0 amide bonds. The van der Waals surface area contributed by atoms with Gasteiger partial charge >= 0.3 is 0 Å². The lowest BCUT2D eigenvalue weighted by Crippen LogP contribution is -2.27. The summed E-state index contributed by atoms with van der Waals surface area (Å²) < 4.78 is 5.10. The molecule has 87 valence electrons. The Morgan fingerprint density at radius 2 is 1.75 bits per heavy atom. The van der Waals surface area contributed by atoms with Gasteiger partial charge in [-0.1, -0.05) is 0 Å². The second-order valence-electron chi connectivity index (χ2n) is 4.29. The summed E-state index contributed by atoms with van der Waals surface area (Å²) in [5, 5.41) is 14.1. The summed E-state index contributed by atoms with van der Waals surface area (Å²) in [6.07, 6.45) is 3.64. The van der Waals surface area contributed by atoms with Crippen LogP contribution in [0.2, 0.25) is 0 Å². The molecule has 1 N–H and O–H groups in total. The zero-order valence-electron chi connectivity index (χ0n) is 9.60. The first kappa shape index (κ1) is 11.3. The van der Waals surface area contributed by atoms with E-state index in [1.54, 1.807) is 7.11 Å². The fourth-order valence-corrected chi connectivity index (χ4v) is 2.07. The Kier molecular flexibility index (Phi) is 3.67. The van der Waals surface area contributed by atoms with Crippen molar-refractivity contribution in [3.05, 3.63) is 24.3 Å². The van der Waals surface area contributed by atoms with Crippen LogP contribution in [0.5, 0.6) is 5.75 Å². The quantitative estimate of drug-likeness (QED) is 0.849. The van der Waals surface area contributed by atoms with Gasteiger partial charge in [0.05, 0.1) is 24.9 Å². The third-order valence-corrected chi connectivity index (χ3v) is 3.07. The number of rotatable bonds is 3. The van der Waals surface area contributed by atoms with Gasteiger partial charge in [0.25, 0.3) is 0 Å². The van der Waals surface area contributed by atoms with Crippen molar-refractivity contribution in [3.63, 3.8) is 0 Å². The van der Waals surface area contributed by atoms with Crippen molar-refractivity contribution < 1.29 is 9.84 Å². The Balaban J connectivity index is 1.88. The Hall–Kier alpha value is -1.22. The van der Waals surface area contributed by atoms with E-state index in [0.717, 1.165) is 37.1 Å². The fourth-order valence-electron chi connectivity index (χ4n) is 2.07. The molecule has 0 bridgehead atoms. The van der Waals surface area contributed by atoms with Gasteiger partial charge in [-0.15, -0.1) is 0 Å². The zero-order valence-corrected chi connectivity index (χ0v) is 9.60. The minimum atomic E-state index is -0.109. The van der Waals surface area contributed by atoms with Crippen LogP contribution >= 0.6 is 0 Å². The molecule has 2 rings (SSSR count). The van der Waals surface area contributed by atoms with Gasteiger partial charge in [0.15, 0.2) is 0 Å². The third-order valence-electron chi connectivity index (χ3n) is 3.07. The molecule has 1 aromatic rings. The number of methoxy groups -OCH3 is 1. The molecular formula is C13H18NO2. The maximum atomic E-state index is 9.40. The van der Waals surface area contributed by atoms with E-state index < -0.39 is 0 Å². The maximum absolute atomic E-state index is 9.40. The molecule has 0 atom stereocenters. The molecule has 1 aliphatic carbocycles. The first-order chi connectivity index (χ1) is 7.78. The molecule has 1 aliphatic rings. The summed E-state index contributed by atoms with van der Waals surface area (Å²) in [4.78, 5) is 0. The molecule has 1 saturated carbocycles. The van der Waals surface area contributed by atoms with Crippen molar-refractivity contribution >= 4 is 5.69 Å². The molecule has 0 aromatic heterocycles. The highest BCUT2D eigenvalue weighted by atomic mass is 16.5. The molecule has 0 aliphatic heterocycles. The summed E-state index contributed by atoms with van der Waals surface area (Å²) in [7, 11) is 1.66. The van der Waals surface area contributed by atoms with E-state index in [2.05, 4.69) is 5.32 Å². The molecule has 1 fully saturated rings. The van der Waals surface area contributed by atoms with Crippen molar-refractivity contribution in [2.24, 2.45) is 0 Å². The molecule has 3 heteroatoms. The van der Waals surface area contributed by atoms with Gasteiger partial charge in [-0.25, -0.2) is 0 Å². The Labute approximate surface area is 96.4 Å². The van der Waals surface area contributed by atoms with Crippen LogP contribution in [0, 0.1) is 0 Å². The number of hydrogen-bond acceptors (Lipinski definition) is 2. The topological polar surface area (TPSA) is 43.6 Å². The van der Waals surface area contributed by atoms with E-state index in [0.29, 0.717) is 6.04 Å². The first-order valence-corrected chi connectivity index (χ1v) is 5.81. The summed E-state index contributed by atoms with van der Waals surface area (Å²) in [5.74, 6) is 0.859. The highest BCUT2D eigenvalue weighted by molar-refractivity contribution is 5.40. The van der Waals surface area contributed by atoms with Crippen LogP contribution in [0.1, 0.15) is 25.7 Å².